The molecule has 0 saturated heterocycles. The molecule has 7 nitrogen and oxygen atoms in total. The Morgan fingerprint density at radius 1 is 1.04 bits per heavy atom. The number of phenolic OH excluding ortho intramolecular Hbond substituents is 2. The summed E-state index contributed by atoms with van der Waals surface area (Å²) in [6.07, 6.45) is 0.631. The number of hydrogen-bond acceptors (Lipinski definition) is 5. The number of nitrogens with one attached hydrogen (secondary N) is 1. The summed E-state index contributed by atoms with van der Waals surface area (Å²) in [6.45, 7) is 0.349. The molecule has 0 aliphatic heterocycles. The van der Waals surface area contributed by atoms with Gasteiger partial charge in [0.25, 0.3) is 5.91 Å². The van der Waals surface area contributed by atoms with Gasteiger partial charge in [-0.2, -0.15) is 0 Å². The van der Waals surface area contributed by atoms with Crippen molar-refractivity contribution in [3.8, 4) is 11.5 Å². The Bertz CT molecular complexity index is 776. The van der Waals surface area contributed by atoms with E-state index in [1.807, 2.05) is 0 Å². The topological polar surface area (TPSA) is 133 Å². The molecule has 0 saturated carbocycles. The van der Waals surface area contributed by atoms with E-state index in [1.54, 1.807) is 30.3 Å². The molecule has 0 bridgehead atoms. The molecule has 0 radical (unpaired) electrons. The zero-order valence-electron chi connectivity index (χ0n) is 13.5. The van der Waals surface area contributed by atoms with Crippen LogP contribution in [0.5, 0.6) is 11.5 Å². The SMILES string of the molecule is N[C@@H](Cc1cccc(C(=O)NCCc2ccc(O)c(O)c2)c1)C(=O)O. The van der Waals surface area contributed by atoms with Gasteiger partial charge in [0.2, 0.25) is 0 Å². The van der Waals surface area contributed by atoms with E-state index in [-0.39, 0.29) is 23.8 Å². The summed E-state index contributed by atoms with van der Waals surface area (Å²) in [5, 5.41) is 30.3. The molecule has 0 aromatic heterocycles. The van der Waals surface area contributed by atoms with Gasteiger partial charge in [-0.15, -0.1) is 0 Å². The lowest BCUT2D eigenvalue weighted by atomic mass is 10.0. The Labute approximate surface area is 144 Å². The van der Waals surface area contributed by atoms with Crippen LogP contribution in [0.15, 0.2) is 42.5 Å². The second-order valence-electron chi connectivity index (χ2n) is 5.68. The van der Waals surface area contributed by atoms with Gasteiger partial charge in [-0.25, -0.2) is 0 Å². The summed E-state index contributed by atoms with van der Waals surface area (Å²) in [6, 6.07) is 10.1. The molecule has 132 valence electrons. The summed E-state index contributed by atoms with van der Waals surface area (Å²) in [4.78, 5) is 23.0. The van der Waals surface area contributed by atoms with Crippen LogP contribution >= 0.6 is 0 Å². The number of aliphatic carboxylic acids is 1. The van der Waals surface area contributed by atoms with Gasteiger partial charge in [-0.05, 0) is 48.2 Å². The molecule has 0 heterocycles. The van der Waals surface area contributed by atoms with Gasteiger partial charge in [-0.3, -0.25) is 9.59 Å². The summed E-state index contributed by atoms with van der Waals surface area (Å²) in [5.74, 6) is -1.77. The minimum absolute atomic E-state index is 0.142. The van der Waals surface area contributed by atoms with E-state index in [0.717, 1.165) is 5.56 Å². The number of aromatic hydroxyl groups is 2. The van der Waals surface area contributed by atoms with Crippen LogP contribution in [0.3, 0.4) is 0 Å². The van der Waals surface area contributed by atoms with Gasteiger partial charge in [0.05, 0.1) is 0 Å². The first kappa shape index (κ1) is 18.3. The van der Waals surface area contributed by atoms with Crippen LogP contribution < -0.4 is 11.1 Å². The van der Waals surface area contributed by atoms with Gasteiger partial charge < -0.3 is 26.4 Å². The number of phenols is 2. The summed E-state index contributed by atoms with van der Waals surface area (Å²) in [7, 11) is 0. The van der Waals surface area contributed by atoms with E-state index in [2.05, 4.69) is 5.32 Å². The highest BCUT2D eigenvalue weighted by atomic mass is 16.4. The second kappa shape index (κ2) is 8.16. The molecule has 7 heteroatoms. The van der Waals surface area contributed by atoms with E-state index < -0.39 is 12.0 Å². The molecule has 0 aliphatic carbocycles. The van der Waals surface area contributed by atoms with Crippen molar-refractivity contribution in [3.05, 3.63) is 59.2 Å². The average molecular weight is 344 g/mol. The predicted octanol–water partition coefficient (Wildman–Crippen LogP) is 1.02. The van der Waals surface area contributed by atoms with Crippen LogP contribution in [0, 0.1) is 0 Å². The lowest BCUT2D eigenvalue weighted by Gasteiger charge is -2.09. The Morgan fingerprint density at radius 3 is 2.48 bits per heavy atom. The maximum Gasteiger partial charge on any atom is 0.320 e. The molecular weight excluding hydrogens is 324 g/mol. The first-order valence-corrected chi connectivity index (χ1v) is 7.73. The Morgan fingerprint density at radius 2 is 1.80 bits per heavy atom. The summed E-state index contributed by atoms with van der Waals surface area (Å²) >= 11 is 0. The highest BCUT2D eigenvalue weighted by Crippen LogP contribution is 2.24. The number of carboxylic acids is 1. The molecule has 2 aromatic rings. The van der Waals surface area contributed by atoms with Gasteiger partial charge >= 0.3 is 5.97 Å². The fraction of sp³-hybridized carbons (Fsp3) is 0.222. The molecule has 25 heavy (non-hydrogen) atoms. The van der Waals surface area contributed by atoms with Crippen LogP contribution in [0.4, 0.5) is 0 Å². The molecule has 0 fully saturated rings. The third-order valence-corrected chi connectivity index (χ3v) is 3.70. The summed E-state index contributed by atoms with van der Waals surface area (Å²) < 4.78 is 0. The lowest BCUT2D eigenvalue weighted by Crippen LogP contribution is -2.32. The maximum absolute atomic E-state index is 12.2. The summed E-state index contributed by atoms with van der Waals surface area (Å²) in [5.41, 5.74) is 7.37. The highest BCUT2D eigenvalue weighted by molar-refractivity contribution is 5.94. The molecule has 1 atom stereocenters. The predicted molar refractivity (Wildman–Crippen MR) is 91.6 cm³/mol. The quantitative estimate of drug-likeness (QED) is 0.476. The minimum atomic E-state index is -1.09. The number of benzene rings is 2. The van der Waals surface area contributed by atoms with Crippen LogP contribution in [0.25, 0.3) is 0 Å². The zero-order chi connectivity index (χ0) is 18.4. The number of rotatable bonds is 7. The van der Waals surface area contributed by atoms with E-state index in [1.165, 1.54) is 12.1 Å². The van der Waals surface area contributed by atoms with Crippen LogP contribution in [-0.4, -0.2) is 39.8 Å². The smallest absolute Gasteiger partial charge is 0.320 e. The Balaban J connectivity index is 1.92. The van der Waals surface area contributed by atoms with Crippen molar-refractivity contribution in [1.29, 1.82) is 0 Å². The second-order valence-corrected chi connectivity index (χ2v) is 5.68. The number of carbonyl (C=O) groups is 2. The Hall–Kier alpha value is -3.06. The molecule has 0 unspecified atom stereocenters. The fourth-order valence-corrected chi connectivity index (χ4v) is 2.33. The minimum Gasteiger partial charge on any atom is -0.504 e. The molecule has 6 N–H and O–H groups in total. The van der Waals surface area contributed by atoms with E-state index in [9.17, 15) is 19.8 Å². The van der Waals surface area contributed by atoms with E-state index in [4.69, 9.17) is 10.8 Å². The van der Waals surface area contributed by atoms with Crippen LogP contribution in [0.1, 0.15) is 21.5 Å². The van der Waals surface area contributed by atoms with Crippen molar-refractivity contribution in [2.45, 2.75) is 18.9 Å². The first-order valence-electron chi connectivity index (χ1n) is 7.73. The third-order valence-electron chi connectivity index (χ3n) is 3.70. The normalized spacial score (nSPS) is 11.7. The van der Waals surface area contributed by atoms with E-state index in [0.29, 0.717) is 24.1 Å². The zero-order valence-corrected chi connectivity index (χ0v) is 13.5. The molecule has 0 aliphatic rings. The number of carboxylic acid groups (broad SMARTS) is 1. The molecular formula is C18H20N2O5. The van der Waals surface area contributed by atoms with Crippen molar-refractivity contribution >= 4 is 11.9 Å². The standard InChI is InChI=1S/C18H20N2O5/c19-14(18(24)25)9-12-2-1-3-13(8-12)17(23)20-7-6-11-4-5-15(21)16(22)10-11/h1-5,8,10,14,21-22H,6-7,9,19H2,(H,20,23)(H,24,25)/t14-/m0/s1. The van der Waals surface area contributed by atoms with Crippen molar-refractivity contribution < 1.29 is 24.9 Å². The molecule has 2 aromatic carbocycles. The first-order chi connectivity index (χ1) is 11.9. The maximum atomic E-state index is 12.2. The van der Waals surface area contributed by atoms with Gasteiger partial charge in [-0.1, -0.05) is 18.2 Å². The van der Waals surface area contributed by atoms with Crippen LogP contribution in [-0.2, 0) is 17.6 Å². The average Bonchev–Trinajstić information content (AvgIpc) is 2.58. The molecule has 1 amide bonds. The molecule has 0 spiro atoms. The number of nitrogens with two attached hydrogens (primary N) is 1. The van der Waals surface area contributed by atoms with Crippen molar-refractivity contribution in [1.82, 2.24) is 5.32 Å². The monoisotopic (exact) mass is 344 g/mol. The number of hydrogen-bond donors (Lipinski definition) is 5. The Kier molecular flexibility index (Phi) is 5.97. The van der Waals surface area contributed by atoms with E-state index >= 15 is 0 Å². The van der Waals surface area contributed by atoms with Gasteiger partial charge in [0.15, 0.2) is 11.5 Å². The van der Waals surface area contributed by atoms with Crippen LogP contribution in [0.2, 0.25) is 0 Å². The third kappa shape index (κ3) is 5.22. The fourth-order valence-electron chi connectivity index (χ4n) is 2.33. The number of amides is 1. The number of carbonyl (C=O) groups excluding carboxylic acids is 1. The highest BCUT2D eigenvalue weighted by Gasteiger charge is 2.13. The van der Waals surface area contributed by atoms with Crippen molar-refractivity contribution in [2.24, 2.45) is 5.73 Å². The van der Waals surface area contributed by atoms with Gasteiger partial charge in [0, 0.05) is 12.1 Å². The molecule has 2 rings (SSSR count). The van der Waals surface area contributed by atoms with Crippen molar-refractivity contribution in [3.63, 3.8) is 0 Å². The van der Waals surface area contributed by atoms with Gasteiger partial charge in [0.1, 0.15) is 6.04 Å². The largest absolute Gasteiger partial charge is 0.504 e. The van der Waals surface area contributed by atoms with Crippen molar-refractivity contribution in [2.75, 3.05) is 6.54 Å². The lowest BCUT2D eigenvalue weighted by molar-refractivity contribution is -0.138.